The zero-order valence-corrected chi connectivity index (χ0v) is 15.3. The van der Waals surface area contributed by atoms with E-state index in [1.165, 1.54) is 37.7 Å². The van der Waals surface area contributed by atoms with Crippen LogP contribution in [0, 0.1) is 5.92 Å². The van der Waals surface area contributed by atoms with Crippen molar-refractivity contribution >= 4 is 18.6 Å². The first-order valence-corrected chi connectivity index (χ1v) is 9.79. The molecule has 0 saturated heterocycles. The van der Waals surface area contributed by atoms with Gasteiger partial charge in [0.25, 0.3) is 0 Å². The smallest absolute Gasteiger partial charge is 0.316 e. The van der Waals surface area contributed by atoms with E-state index in [9.17, 15) is 4.79 Å². The molecule has 0 spiro atoms. The molecular weight excluding hydrogens is 320 g/mol. The fourth-order valence-corrected chi connectivity index (χ4v) is 3.47. The predicted octanol–water partition coefficient (Wildman–Crippen LogP) is 5.13. The Balaban J connectivity index is 1.60. The maximum absolute atomic E-state index is 10.7. The molecule has 1 aliphatic carbocycles. The zero-order valence-electron chi connectivity index (χ0n) is 14.5. The van der Waals surface area contributed by atoms with E-state index < -0.39 is 11.2 Å². The number of unbranched alkanes of at least 4 members (excludes halogenated alkanes) is 2. The Morgan fingerprint density at radius 2 is 1.83 bits per heavy atom. The normalized spacial score (nSPS) is 16.7. The van der Waals surface area contributed by atoms with Gasteiger partial charge < -0.3 is 9.84 Å². The molecule has 1 aromatic carbocycles. The number of hydrogen-bond donors (Lipinski definition) is 2. The van der Waals surface area contributed by atoms with Crippen molar-refractivity contribution in [3.8, 4) is 5.75 Å². The number of carbonyl (C=O) groups is 1. The molecule has 1 atom stereocenters. The molecule has 0 amide bonds. The van der Waals surface area contributed by atoms with Crippen LogP contribution in [0.5, 0.6) is 5.75 Å². The van der Waals surface area contributed by atoms with Gasteiger partial charge >= 0.3 is 5.97 Å². The van der Waals surface area contributed by atoms with E-state index in [4.69, 9.17) is 9.84 Å². The van der Waals surface area contributed by atoms with Crippen molar-refractivity contribution in [2.45, 2.75) is 69.5 Å². The van der Waals surface area contributed by atoms with Crippen molar-refractivity contribution in [3.63, 3.8) is 0 Å². The highest BCUT2D eigenvalue weighted by Crippen LogP contribution is 2.25. The molecule has 0 bridgehead atoms. The molecule has 0 radical (unpaired) electrons. The fourth-order valence-electron chi connectivity index (χ4n) is 3.29. The lowest BCUT2D eigenvalue weighted by Crippen LogP contribution is -2.15. The number of thiol groups is 1. The van der Waals surface area contributed by atoms with Gasteiger partial charge in [-0.15, -0.1) is 0 Å². The molecular formula is C20H30O3S. The van der Waals surface area contributed by atoms with Crippen LogP contribution in [0.25, 0.3) is 0 Å². The van der Waals surface area contributed by atoms with E-state index in [0.29, 0.717) is 6.42 Å². The number of aliphatic carboxylic acids is 1. The fraction of sp³-hybridized carbons (Fsp3) is 0.650. The maximum atomic E-state index is 10.7. The second-order valence-corrected chi connectivity index (χ2v) is 7.54. The SMILES string of the molecule is O=C(O)C(S)CCCCCc1ccc(OCC2CCCCC2)cc1. The standard InChI is InChI=1S/C20H30O3S/c21-20(22)19(24)10-6-2-3-7-16-11-13-18(14-12-16)23-15-17-8-4-1-5-9-17/h11-14,17,19,24H,1-10,15H2,(H,21,22). The highest BCUT2D eigenvalue weighted by atomic mass is 32.1. The van der Waals surface area contributed by atoms with Crippen molar-refractivity contribution in [3.05, 3.63) is 29.8 Å². The van der Waals surface area contributed by atoms with Gasteiger partial charge in [-0.2, -0.15) is 12.6 Å². The largest absolute Gasteiger partial charge is 0.493 e. The van der Waals surface area contributed by atoms with Crippen LogP contribution in [-0.2, 0) is 11.2 Å². The summed E-state index contributed by atoms with van der Waals surface area (Å²) >= 11 is 4.05. The number of aryl methyl sites for hydroxylation is 1. The molecule has 2 rings (SSSR count). The quantitative estimate of drug-likeness (QED) is 0.454. The minimum Gasteiger partial charge on any atom is -0.493 e. The maximum Gasteiger partial charge on any atom is 0.316 e. The highest BCUT2D eigenvalue weighted by molar-refractivity contribution is 7.81. The van der Waals surface area contributed by atoms with Crippen molar-refractivity contribution in [1.29, 1.82) is 0 Å². The molecule has 1 fully saturated rings. The molecule has 3 nitrogen and oxygen atoms in total. The Kier molecular flexibility index (Phi) is 8.51. The summed E-state index contributed by atoms with van der Waals surface area (Å²) in [6, 6.07) is 8.45. The average molecular weight is 351 g/mol. The summed E-state index contributed by atoms with van der Waals surface area (Å²) in [6.45, 7) is 0.855. The number of rotatable bonds is 10. The third kappa shape index (κ3) is 7.16. The molecule has 4 heteroatoms. The Morgan fingerprint density at radius 3 is 2.50 bits per heavy atom. The van der Waals surface area contributed by atoms with Crippen LogP contribution < -0.4 is 4.74 Å². The highest BCUT2D eigenvalue weighted by Gasteiger charge is 2.14. The lowest BCUT2D eigenvalue weighted by Gasteiger charge is -2.21. The zero-order chi connectivity index (χ0) is 17.2. The number of carboxylic acids is 1. The van der Waals surface area contributed by atoms with Crippen LogP contribution in [0.3, 0.4) is 0 Å². The summed E-state index contributed by atoms with van der Waals surface area (Å²) in [4.78, 5) is 10.7. The minimum atomic E-state index is -0.817. The summed E-state index contributed by atoms with van der Waals surface area (Å²) in [6.07, 6.45) is 11.5. The molecule has 0 aromatic heterocycles. The minimum absolute atomic E-state index is 0.523. The van der Waals surface area contributed by atoms with Gasteiger partial charge in [-0.05, 0) is 55.7 Å². The van der Waals surface area contributed by atoms with Crippen LogP contribution in [0.1, 0.15) is 63.4 Å². The van der Waals surface area contributed by atoms with Crippen molar-refractivity contribution in [1.82, 2.24) is 0 Å². The lowest BCUT2D eigenvalue weighted by atomic mass is 9.90. The topological polar surface area (TPSA) is 46.5 Å². The Bertz CT molecular complexity index is 480. The van der Waals surface area contributed by atoms with Gasteiger partial charge in [-0.3, -0.25) is 4.79 Å². The predicted molar refractivity (Wildman–Crippen MR) is 101 cm³/mol. The summed E-state index contributed by atoms with van der Waals surface area (Å²) < 4.78 is 5.93. The first kappa shape index (κ1) is 19.2. The lowest BCUT2D eigenvalue weighted by molar-refractivity contribution is -0.136. The van der Waals surface area contributed by atoms with E-state index in [0.717, 1.165) is 44.0 Å². The van der Waals surface area contributed by atoms with E-state index >= 15 is 0 Å². The molecule has 24 heavy (non-hydrogen) atoms. The number of ether oxygens (including phenoxy) is 1. The van der Waals surface area contributed by atoms with E-state index in [1.807, 2.05) is 0 Å². The second-order valence-electron chi connectivity index (χ2n) is 6.91. The molecule has 1 aromatic rings. The summed E-state index contributed by atoms with van der Waals surface area (Å²) in [5, 5.41) is 8.26. The molecule has 1 saturated carbocycles. The Labute approximate surface area is 151 Å². The first-order valence-electron chi connectivity index (χ1n) is 9.28. The van der Waals surface area contributed by atoms with Crippen LogP contribution in [0.15, 0.2) is 24.3 Å². The van der Waals surface area contributed by atoms with Gasteiger partial charge in [0, 0.05) is 0 Å². The summed E-state index contributed by atoms with van der Waals surface area (Å²) in [7, 11) is 0. The van der Waals surface area contributed by atoms with Gasteiger partial charge in [-0.1, -0.05) is 44.2 Å². The molecule has 0 heterocycles. The number of benzene rings is 1. The molecule has 1 unspecified atom stereocenters. The van der Waals surface area contributed by atoms with Crippen LogP contribution in [0.4, 0.5) is 0 Å². The average Bonchev–Trinajstić information content (AvgIpc) is 2.61. The summed E-state index contributed by atoms with van der Waals surface area (Å²) in [5.74, 6) is 0.894. The van der Waals surface area contributed by atoms with Crippen LogP contribution in [0.2, 0.25) is 0 Å². The van der Waals surface area contributed by atoms with Crippen LogP contribution >= 0.6 is 12.6 Å². The monoisotopic (exact) mass is 350 g/mol. The third-order valence-corrected chi connectivity index (χ3v) is 5.34. The second kappa shape index (κ2) is 10.7. The first-order chi connectivity index (χ1) is 11.6. The van der Waals surface area contributed by atoms with E-state index in [-0.39, 0.29) is 0 Å². The van der Waals surface area contributed by atoms with Gasteiger partial charge in [0.1, 0.15) is 5.75 Å². The molecule has 1 N–H and O–H groups in total. The Morgan fingerprint density at radius 1 is 1.12 bits per heavy atom. The van der Waals surface area contributed by atoms with Crippen molar-refractivity contribution in [2.75, 3.05) is 6.61 Å². The van der Waals surface area contributed by atoms with Crippen molar-refractivity contribution < 1.29 is 14.6 Å². The van der Waals surface area contributed by atoms with Crippen LogP contribution in [-0.4, -0.2) is 22.9 Å². The number of hydrogen-bond acceptors (Lipinski definition) is 3. The third-order valence-electron chi connectivity index (χ3n) is 4.86. The van der Waals surface area contributed by atoms with Gasteiger partial charge in [0.05, 0.1) is 11.9 Å². The van der Waals surface area contributed by atoms with E-state index in [2.05, 4.69) is 36.9 Å². The van der Waals surface area contributed by atoms with Gasteiger partial charge in [0.15, 0.2) is 0 Å². The number of carboxylic acid groups (broad SMARTS) is 1. The van der Waals surface area contributed by atoms with Gasteiger partial charge in [0.2, 0.25) is 0 Å². The van der Waals surface area contributed by atoms with E-state index in [1.54, 1.807) is 0 Å². The Hall–Kier alpha value is -1.16. The van der Waals surface area contributed by atoms with Gasteiger partial charge in [-0.25, -0.2) is 0 Å². The molecule has 1 aliphatic rings. The summed E-state index contributed by atoms with van der Waals surface area (Å²) in [5.41, 5.74) is 1.32. The van der Waals surface area contributed by atoms with Crippen molar-refractivity contribution in [2.24, 2.45) is 5.92 Å². The molecule has 134 valence electrons. The molecule has 0 aliphatic heterocycles.